The lowest BCUT2D eigenvalue weighted by molar-refractivity contribution is -0.117. The fourth-order valence-electron chi connectivity index (χ4n) is 3.55. The van der Waals surface area contributed by atoms with E-state index in [2.05, 4.69) is 45.9 Å². The van der Waals surface area contributed by atoms with Crippen LogP contribution in [0.1, 0.15) is 26.5 Å². The number of benzene rings is 1. The molecule has 31 heavy (non-hydrogen) atoms. The minimum absolute atomic E-state index is 0.0399. The number of anilines is 2. The Morgan fingerprint density at radius 2 is 1.68 bits per heavy atom. The van der Waals surface area contributed by atoms with Gasteiger partial charge in [0.15, 0.2) is 0 Å². The van der Waals surface area contributed by atoms with Crippen molar-refractivity contribution in [3.8, 4) is 5.69 Å². The van der Waals surface area contributed by atoms with E-state index >= 15 is 0 Å². The number of carbonyl (C=O) groups excluding carboxylic acids is 1. The van der Waals surface area contributed by atoms with Gasteiger partial charge in [0.1, 0.15) is 5.82 Å². The van der Waals surface area contributed by atoms with E-state index in [0.29, 0.717) is 12.4 Å². The fraction of sp³-hybridized carbons (Fsp3) is 0.391. The monoisotopic (exact) mass is 419 g/mol. The summed E-state index contributed by atoms with van der Waals surface area (Å²) in [5, 5.41) is 7.84. The van der Waals surface area contributed by atoms with Crippen molar-refractivity contribution in [2.75, 3.05) is 42.9 Å². The number of rotatable bonds is 5. The van der Waals surface area contributed by atoms with Crippen molar-refractivity contribution in [1.82, 2.24) is 24.6 Å². The molecule has 0 saturated carbocycles. The zero-order valence-electron chi connectivity index (χ0n) is 18.3. The third-order valence-corrected chi connectivity index (χ3v) is 5.32. The van der Waals surface area contributed by atoms with E-state index in [4.69, 9.17) is 5.10 Å². The van der Waals surface area contributed by atoms with Crippen LogP contribution in [-0.4, -0.2) is 63.3 Å². The van der Waals surface area contributed by atoms with E-state index in [1.54, 1.807) is 12.4 Å². The largest absolute Gasteiger partial charge is 0.338 e. The summed E-state index contributed by atoms with van der Waals surface area (Å²) in [6, 6.07) is 13.7. The minimum Gasteiger partial charge on any atom is -0.338 e. The Hall–Kier alpha value is -3.26. The summed E-state index contributed by atoms with van der Waals surface area (Å²) >= 11 is 0. The van der Waals surface area contributed by atoms with Crippen LogP contribution in [-0.2, 0) is 10.2 Å². The third kappa shape index (κ3) is 5.08. The van der Waals surface area contributed by atoms with E-state index < -0.39 is 0 Å². The van der Waals surface area contributed by atoms with Crippen LogP contribution in [0.4, 0.5) is 11.8 Å². The van der Waals surface area contributed by atoms with Crippen LogP contribution >= 0.6 is 0 Å². The van der Waals surface area contributed by atoms with Crippen LogP contribution in [0.25, 0.3) is 5.69 Å². The first kappa shape index (κ1) is 21.0. The molecule has 0 bridgehead atoms. The predicted molar refractivity (Wildman–Crippen MR) is 122 cm³/mol. The maximum atomic E-state index is 12.8. The van der Waals surface area contributed by atoms with Gasteiger partial charge in [-0.25, -0.2) is 14.6 Å². The van der Waals surface area contributed by atoms with Gasteiger partial charge < -0.3 is 10.2 Å². The summed E-state index contributed by atoms with van der Waals surface area (Å²) < 4.78 is 1.81. The first-order chi connectivity index (χ1) is 14.9. The SMILES string of the molecule is CC(C)(C)c1cc(NC(=O)CN2CCN(c3ncccn3)CC2)n(-c2ccccc2)n1. The molecule has 0 radical (unpaired) electrons. The summed E-state index contributed by atoms with van der Waals surface area (Å²) in [7, 11) is 0. The molecule has 0 aliphatic carbocycles. The number of amides is 1. The molecule has 8 heteroatoms. The summed E-state index contributed by atoms with van der Waals surface area (Å²) in [5.41, 5.74) is 1.74. The van der Waals surface area contributed by atoms with Gasteiger partial charge in [0.25, 0.3) is 0 Å². The maximum Gasteiger partial charge on any atom is 0.239 e. The van der Waals surface area contributed by atoms with Crippen molar-refractivity contribution in [3.63, 3.8) is 0 Å². The molecule has 3 heterocycles. The van der Waals surface area contributed by atoms with Gasteiger partial charge in [-0.05, 0) is 18.2 Å². The Balaban J connectivity index is 1.41. The fourth-order valence-corrected chi connectivity index (χ4v) is 3.55. The second-order valence-corrected chi connectivity index (χ2v) is 8.77. The molecular weight excluding hydrogens is 390 g/mol. The number of para-hydroxylation sites is 1. The molecule has 1 fully saturated rings. The van der Waals surface area contributed by atoms with Crippen LogP contribution in [0.15, 0.2) is 54.9 Å². The molecule has 1 aromatic carbocycles. The van der Waals surface area contributed by atoms with Crippen LogP contribution in [0.2, 0.25) is 0 Å². The van der Waals surface area contributed by atoms with Crippen LogP contribution in [0, 0.1) is 0 Å². The van der Waals surface area contributed by atoms with E-state index in [1.165, 1.54) is 0 Å². The lowest BCUT2D eigenvalue weighted by Gasteiger charge is -2.34. The quantitative estimate of drug-likeness (QED) is 0.685. The standard InChI is InChI=1S/C23H29N7O/c1-23(2,3)19-16-20(30(27-19)18-8-5-4-6-9-18)26-21(31)17-28-12-14-29(15-13-28)22-24-10-7-11-25-22/h4-11,16H,12-15,17H2,1-3H3,(H,26,31). The summed E-state index contributed by atoms with van der Waals surface area (Å²) in [6.45, 7) is 9.87. The van der Waals surface area contributed by atoms with Gasteiger partial charge in [-0.15, -0.1) is 0 Å². The molecule has 8 nitrogen and oxygen atoms in total. The first-order valence-electron chi connectivity index (χ1n) is 10.6. The molecular formula is C23H29N7O. The average molecular weight is 420 g/mol. The first-order valence-corrected chi connectivity index (χ1v) is 10.6. The Labute approximate surface area is 182 Å². The average Bonchev–Trinajstić information content (AvgIpc) is 3.20. The van der Waals surface area contributed by atoms with Crippen molar-refractivity contribution in [2.45, 2.75) is 26.2 Å². The van der Waals surface area contributed by atoms with Crippen molar-refractivity contribution >= 4 is 17.7 Å². The number of nitrogens with one attached hydrogen (secondary N) is 1. The number of nitrogens with zero attached hydrogens (tertiary/aromatic N) is 6. The molecule has 4 rings (SSSR count). The molecule has 162 valence electrons. The Morgan fingerprint density at radius 3 is 2.32 bits per heavy atom. The maximum absolute atomic E-state index is 12.8. The van der Waals surface area contributed by atoms with E-state index in [9.17, 15) is 4.79 Å². The molecule has 1 aliphatic heterocycles. The summed E-state index contributed by atoms with van der Waals surface area (Å²) in [6.07, 6.45) is 3.51. The topological polar surface area (TPSA) is 79.2 Å². The second-order valence-electron chi connectivity index (χ2n) is 8.77. The van der Waals surface area contributed by atoms with Crippen LogP contribution in [0.5, 0.6) is 0 Å². The highest BCUT2D eigenvalue weighted by atomic mass is 16.2. The third-order valence-electron chi connectivity index (χ3n) is 5.32. The molecule has 0 spiro atoms. The van der Waals surface area contributed by atoms with Gasteiger partial charge in [-0.1, -0.05) is 39.0 Å². The second kappa shape index (κ2) is 8.85. The van der Waals surface area contributed by atoms with Gasteiger partial charge in [-0.2, -0.15) is 5.10 Å². The van der Waals surface area contributed by atoms with E-state index in [-0.39, 0.29) is 11.3 Å². The van der Waals surface area contributed by atoms with Crippen LogP contribution < -0.4 is 10.2 Å². The number of piperazine rings is 1. The van der Waals surface area contributed by atoms with Gasteiger partial charge in [0.05, 0.1) is 17.9 Å². The smallest absolute Gasteiger partial charge is 0.239 e. The molecule has 1 amide bonds. The zero-order valence-corrected chi connectivity index (χ0v) is 18.3. The molecule has 3 aromatic rings. The Bertz CT molecular complexity index is 1000. The highest BCUT2D eigenvalue weighted by molar-refractivity contribution is 5.91. The summed E-state index contributed by atoms with van der Waals surface area (Å²) in [4.78, 5) is 25.8. The zero-order chi connectivity index (χ0) is 21.8. The molecule has 1 saturated heterocycles. The van der Waals surface area contributed by atoms with Gasteiger partial charge in [0.2, 0.25) is 11.9 Å². The van der Waals surface area contributed by atoms with Crippen molar-refractivity contribution in [2.24, 2.45) is 0 Å². The molecule has 0 unspecified atom stereocenters. The Kier molecular flexibility index (Phi) is 5.99. The van der Waals surface area contributed by atoms with Gasteiger partial charge in [0, 0.05) is 50.1 Å². The van der Waals surface area contributed by atoms with Gasteiger partial charge >= 0.3 is 0 Å². The van der Waals surface area contributed by atoms with E-state index in [0.717, 1.165) is 43.5 Å². The molecule has 1 N–H and O–H groups in total. The van der Waals surface area contributed by atoms with Crippen LogP contribution in [0.3, 0.4) is 0 Å². The van der Waals surface area contributed by atoms with Crippen molar-refractivity contribution < 1.29 is 4.79 Å². The number of aromatic nitrogens is 4. The Morgan fingerprint density at radius 1 is 1.00 bits per heavy atom. The molecule has 1 aliphatic rings. The lowest BCUT2D eigenvalue weighted by atomic mass is 9.92. The molecule has 0 atom stereocenters. The number of hydrogen-bond acceptors (Lipinski definition) is 6. The summed E-state index contributed by atoms with van der Waals surface area (Å²) in [5.74, 6) is 1.40. The molecule has 2 aromatic heterocycles. The van der Waals surface area contributed by atoms with Crippen molar-refractivity contribution in [1.29, 1.82) is 0 Å². The number of carbonyl (C=O) groups is 1. The number of hydrogen-bond donors (Lipinski definition) is 1. The van der Waals surface area contributed by atoms with Crippen molar-refractivity contribution in [3.05, 3.63) is 60.6 Å². The predicted octanol–water partition coefficient (Wildman–Crippen LogP) is 2.72. The van der Waals surface area contributed by atoms with E-state index in [1.807, 2.05) is 47.1 Å². The normalized spacial score (nSPS) is 15.1. The lowest BCUT2D eigenvalue weighted by Crippen LogP contribution is -2.49. The highest BCUT2D eigenvalue weighted by Gasteiger charge is 2.23. The minimum atomic E-state index is -0.116. The highest BCUT2D eigenvalue weighted by Crippen LogP contribution is 2.26. The van der Waals surface area contributed by atoms with Gasteiger partial charge in [-0.3, -0.25) is 9.69 Å².